The molecule has 0 radical (unpaired) electrons. The summed E-state index contributed by atoms with van der Waals surface area (Å²) in [5.74, 6) is 0.0932. The minimum absolute atomic E-state index is 0.213. The van der Waals surface area contributed by atoms with E-state index in [1.165, 1.54) is 11.3 Å². The maximum absolute atomic E-state index is 12.6. The van der Waals surface area contributed by atoms with Crippen LogP contribution in [0.5, 0.6) is 5.75 Å². The molecule has 0 saturated carbocycles. The van der Waals surface area contributed by atoms with E-state index in [2.05, 4.69) is 10.3 Å². The number of hydrogen-bond donors (Lipinski definition) is 2. The van der Waals surface area contributed by atoms with E-state index < -0.39 is 17.7 Å². The molecule has 0 aliphatic heterocycles. The normalized spacial score (nSPS) is 11.3. The van der Waals surface area contributed by atoms with Gasteiger partial charge in [-0.05, 0) is 52.3 Å². The van der Waals surface area contributed by atoms with Crippen LogP contribution in [0, 0.1) is 6.92 Å². The Morgan fingerprint density at radius 1 is 1.25 bits per heavy atom. The van der Waals surface area contributed by atoms with Crippen LogP contribution in [0.25, 0.3) is 21.3 Å². The SMILES string of the molecule is CCOC(=O)c1c(C)nc2sc(NC(=O)OC(C)(C)C)c(-c3cccc(OC)c3)c2c1N. The third kappa shape index (κ3) is 4.77. The molecule has 0 aliphatic rings. The van der Waals surface area contributed by atoms with Gasteiger partial charge in [-0.2, -0.15) is 0 Å². The number of aryl methyl sites for hydroxylation is 1. The molecule has 1 aromatic carbocycles. The summed E-state index contributed by atoms with van der Waals surface area (Å²) in [5, 5.41) is 3.88. The molecule has 0 aliphatic carbocycles. The third-order valence-corrected chi connectivity index (χ3v) is 5.51. The highest BCUT2D eigenvalue weighted by Crippen LogP contribution is 2.46. The zero-order valence-electron chi connectivity index (χ0n) is 19.0. The van der Waals surface area contributed by atoms with Gasteiger partial charge in [0.25, 0.3) is 0 Å². The van der Waals surface area contributed by atoms with Gasteiger partial charge in [0, 0.05) is 10.9 Å². The van der Waals surface area contributed by atoms with Crippen molar-refractivity contribution < 1.29 is 23.8 Å². The standard InChI is InChI=1S/C23H27N3O5S/c1-7-30-21(27)15-12(2)25-20-17(18(15)24)16(13-9-8-10-14(11-13)29-6)19(32-20)26-22(28)31-23(3,4)5/h8-11H,7H2,1-6H3,(H2,24,25)(H,26,28). The summed E-state index contributed by atoms with van der Waals surface area (Å²) in [4.78, 5) is 30.3. The minimum Gasteiger partial charge on any atom is -0.497 e. The smallest absolute Gasteiger partial charge is 0.412 e. The Morgan fingerprint density at radius 3 is 2.59 bits per heavy atom. The number of esters is 1. The van der Waals surface area contributed by atoms with Gasteiger partial charge in [0.1, 0.15) is 26.7 Å². The van der Waals surface area contributed by atoms with Crippen molar-refractivity contribution in [2.24, 2.45) is 0 Å². The Labute approximate surface area is 190 Å². The highest BCUT2D eigenvalue weighted by Gasteiger charge is 2.26. The predicted octanol–water partition coefficient (Wildman–Crippen LogP) is 5.39. The summed E-state index contributed by atoms with van der Waals surface area (Å²) in [6.45, 7) is 9.00. The van der Waals surface area contributed by atoms with Crippen LogP contribution in [-0.4, -0.2) is 36.4 Å². The number of amides is 1. The molecule has 0 bridgehead atoms. The van der Waals surface area contributed by atoms with Crippen LogP contribution in [0.15, 0.2) is 24.3 Å². The Kier molecular flexibility index (Phi) is 6.59. The number of aromatic nitrogens is 1. The summed E-state index contributed by atoms with van der Waals surface area (Å²) < 4.78 is 16.0. The van der Waals surface area contributed by atoms with Crippen LogP contribution in [0.2, 0.25) is 0 Å². The average Bonchev–Trinajstić information content (AvgIpc) is 3.04. The highest BCUT2D eigenvalue weighted by atomic mass is 32.1. The van der Waals surface area contributed by atoms with E-state index in [-0.39, 0.29) is 17.9 Å². The number of hydrogen-bond acceptors (Lipinski definition) is 8. The van der Waals surface area contributed by atoms with E-state index >= 15 is 0 Å². The second kappa shape index (κ2) is 9.04. The molecule has 0 fully saturated rings. The van der Waals surface area contributed by atoms with Crippen LogP contribution in [-0.2, 0) is 9.47 Å². The van der Waals surface area contributed by atoms with E-state index in [1.807, 2.05) is 24.3 Å². The van der Waals surface area contributed by atoms with Crippen molar-refractivity contribution in [2.45, 2.75) is 40.2 Å². The molecule has 3 rings (SSSR count). The summed E-state index contributed by atoms with van der Waals surface area (Å²) in [5.41, 5.74) is 8.12. The molecular formula is C23H27N3O5S. The third-order valence-electron chi connectivity index (χ3n) is 4.51. The number of nitrogens with zero attached hydrogens (tertiary/aromatic N) is 1. The zero-order chi connectivity index (χ0) is 23.6. The number of thiophene rings is 1. The van der Waals surface area contributed by atoms with Crippen molar-refractivity contribution in [3.8, 4) is 16.9 Å². The van der Waals surface area contributed by atoms with Crippen LogP contribution in [0.1, 0.15) is 43.7 Å². The number of benzene rings is 1. The van der Waals surface area contributed by atoms with Gasteiger partial charge in [-0.25, -0.2) is 14.6 Å². The van der Waals surface area contributed by atoms with Gasteiger partial charge in [-0.1, -0.05) is 23.5 Å². The Balaban J connectivity index is 2.27. The first-order valence-electron chi connectivity index (χ1n) is 10.1. The number of fused-ring (bicyclic) bond motifs is 1. The molecule has 170 valence electrons. The summed E-state index contributed by atoms with van der Waals surface area (Å²) in [7, 11) is 1.57. The van der Waals surface area contributed by atoms with Gasteiger partial charge in [0.05, 0.1) is 25.1 Å². The number of nitrogens with two attached hydrogens (primary N) is 1. The predicted molar refractivity (Wildman–Crippen MR) is 127 cm³/mol. The number of carbonyl (C=O) groups excluding carboxylic acids is 2. The Morgan fingerprint density at radius 2 is 1.97 bits per heavy atom. The van der Waals surface area contributed by atoms with Gasteiger partial charge >= 0.3 is 12.1 Å². The van der Waals surface area contributed by atoms with Gasteiger partial charge < -0.3 is 19.9 Å². The number of pyridine rings is 1. The molecule has 0 unspecified atom stereocenters. The first-order valence-corrected chi connectivity index (χ1v) is 10.9. The zero-order valence-corrected chi connectivity index (χ0v) is 19.8. The largest absolute Gasteiger partial charge is 0.497 e. The number of nitrogen functional groups attached to an aromatic ring is 1. The molecule has 2 aromatic heterocycles. The number of nitrogens with one attached hydrogen (secondary N) is 1. The van der Waals surface area contributed by atoms with Crippen molar-refractivity contribution in [1.29, 1.82) is 0 Å². The van der Waals surface area contributed by atoms with Gasteiger partial charge in [0.2, 0.25) is 0 Å². The Bertz CT molecular complexity index is 1180. The Hall–Kier alpha value is -3.33. The fraction of sp³-hybridized carbons (Fsp3) is 0.348. The molecule has 3 N–H and O–H groups in total. The monoisotopic (exact) mass is 457 g/mol. The van der Waals surface area contributed by atoms with Crippen LogP contribution < -0.4 is 15.8 Å². The van der Waals surface area contributed by atoms with Crippen molar-refractivity contribution in [3.63, 3.8) is 0 Å². The molecule has 0 saturated heterocycles. The molecule has 1 amide bonds. The highest BCUT2D eigenvalue weighted by molar-refractivity contribution is 7.23. The lowest BCUT2D eigenvalue weighted by Gasteiger charge is -2.19. The molecule has 0 spiro atoms. The summed E-state index contributed by atoms with van der Waals surface area (Å²) in [6, 6.07) is 7.34. The molecule has 2 heterocycles. The lowest BCUT2D eigenvalue weighted by Crippen LogP contribution is -2.27. The topological polar surface area (TPSA) is 113 Å². The first kappa shape index (κ1) is 23.3. The van der Waals surface area contributed by atoms with Crippen molar-refractivity contribution >= 4 is 44.3 Å². The molecule has 9 heteroatoms. The summed E-state index contributed by atoms with van der Waals surface area (Å²) >= 11 is 1.25. The van der Waals surface area contributed by atoms with Crippen molar-refractivity contribution in [2.75, 3.05) is 24.8 Å². The number of carbonyl (C=O) groups is 2. The number of methoxy groups -OCH3 is 1. The van der Waals surface area contributed by atoms with E-state index in [1.54, 1.807) is 41.7 Å². The second-order valence-corrected chi connectivity index (χ2v) is 9.05. The number of anilines is 2. The molecule has 3 aromatic rings. The van der Waals surface area contributed by atoms with Gasteiger partial charge in [-0.15, -0.1) is 0 Å². The first-order chi connectivity index (χ1) is 15.1. The van der Waals surface area contributed by atoms with Crippen LogP contribution in [0.4, 0.5) is 15.5 Å². The van der Waals surface area contributed by atoms with E-state index in [4.69, 9.17) is 19.9 Å². The van der Waals surface area contributed by atoms with E-state index in [0.29, 0.717) is 32.2 Å². The van der Waals surface area contributed by atoms with Crippen LogP contribution in [0.3, 0.4) is 0 Å². The molecule has 0 atom stereocenters. The minimum atomic E-state index is -0.665. The van der Waals surface area contributed by atoms with E-state index in [9.17, 15) is 9.59 Å². The molecular weight excluding hydrogens is 430 g/mol. The number of ether oxygens (including phenoxy) is 3. The maximum Gasteiger partial charge on any atom is 0.412 e. The quantitative estimate of drug-likeness (QED) is 0.494. The fourth-order valence-electron chi connectivity index (χ4n) is 3.28. The van der Waals surface area contributed by atoms with Gasteiger partial charge in [-0.3, -0.25) is 5.32 Å². The van der Waals surface area contributed by atoms with Gasteiger partial charge in [0.15, 0.2) is 0 Å². The molecule has 8 nitrogen and oxygen atoms in total. The number of rotatable bonds is 5. The second-order valence-electron chi connectivity index (χ2n) is 8.05. The van der Waals surface area contributed by atoms with Crippen LogP contribution >= 0.6 is 11.3 Å². The average molecular weight is 458 g/mol. The van der Waals surface area contributed by atoms with Crippen molar-refractivity contribution in [3.05, 3.63) is 35.5 Å². The fourth-order valence-corrected chi connectivity index (χ4v) is 4.42. The van der Waals surface area contributed by atoms with Crippen molar-refractivity contribution in [1.82, 2.24) is 4.98 Å². The lowest BCUT2D eigenvalue weighted by atomic mass is 10.0. The van der Waals surface area contributed by atoms with E-state index in [0.717, 1.165) is 5.56 Å². The lowest BCUT2D eigenvalue weighted by molar-refractivity contribution is 0.0525. The maximum atomic E-state index is 12.6. The molecule has 32 heavy (non-hydrogen) atoms. The summed E-state index contributed by atoms with van der Waals surface area (Å²) in [6.07, 6.45) is -0.603.